The van der Waals surface area contributed by atoms with Gasteiger partial charge in [0.25, 0.3) is 0 Å². The van der Waals surface area contributed by atoms with E-state index in [9.17, 15) is 13.2 Å². The first-order valence-electron chi connectivity index (χ1n) is 9.62. The Morgan fingerprint density at radius 1 is 1.12 bits per heavy atom. The van der Waals surface area contributed by atoms with Crippen molar-refractivity contribution in [2.75, 3.05) is 37.6 Å². The second-order valence-corrected chi connectivity index (χ2v) is 9.52. The third-order valence-corrected chi connectivity index (χ3v) is 7.88. The average Bonchev–Trinajstić information content (AvgIpc) is 3.35. The van der Waals surface area contributed by atoms with Gasteiger partial charge in [-0.1, -0.05) is 6.07 Å². The van der Waals surface area contributed by atoms with Crippen LogP contribution >= 0.6 is 0 Å². The van der Waals surface area contributed by atoms with E-state index in [1.54, 1.807) is 21.3 Å². The zero-order chi connectivity index (χ0) is 18.3. The van der Waals surface area contributed by atoms with Crippen LogP contribution in [0.3, 0.4) is 0 Å². The van der Waals surface area contributed by atoms with Crippen molar-refractivity contribution in [1.82, 2.24) is 9.21 Å². The SMILES string of the molecule is CC(=O)N1CCc2ccc(S(=O)(=O)N3CCCC3CN3CCCC3)cc21. The number of hydrogen-bond acceptors (Lipinski definition) is 4. The van der Waals surface area contributed by atoms with Crippen LogP contribution < -0.4 is 4.90 Å². The lowest BCUT2D eigenvalue weighted by Gasteiger charge is -2.28. The highest BCUT2D eigenvalue weighted by Gasteiger charge is 2.37. The van der Waals surface area contributed by atoms with Crippen LogP contribution in [0.5, 0.6) is 0 Å². The molecule has 1 amide bonds. The molecule has 1 unspecified atom stereocenters. The molecule has 0 saturated carbocycles. The van der Waals surface area contributed by atoms with E-state index in [1.807, 2.05) is 6.07 Å². The second-order valence-electron chi connectivity index (χ2n) is 7.63. The van der Waals surface area contributed by atoms with E-state index in [1.165, 1.54) is 19.8 Å². The fourth-order valence-corrected chi connectivity index (χ4v) is 6.26. The predicted octanol–water partition coefficient (Wildman–Crippen LogP) is 1.84. The fraction of sp³-hybridized carbons (Fsp3) is 0.632. The summed E-state index contributed by atoms with van der Waals surface area (Å²) in [5, 5.41) is 0. The molecule has 0 spiro atoms. The third-order valence-electron chi connectivity index (χ3n) is 5.93. The van der Waals surface area contributed by atoms with Gasteiger partial charge < -0.3 is 9.80 Å². The van der Waals surface area contributed by atoms with Crippen molar-refractivity contribution in [1.29, 1.82) is 0 Å². The highest BCUT2D eigenvalue weighted by molar-refractivity contribution is 7.89. The van der Waals surface area contributed by atoms with Crippen LogP contribution in [0.1, 0.15) is 38.2 Å². The minimum atomic E-state index is -3.53. The average molecular weight is 378 g/mol. The van der Waals surface area contributed by atoms with Crippen molar-refractivity contribution in [3.05, 3.63) is 23.8 Å². The molecule has 0 radical (unpaired) electrons. The lowest BCUT2D eigenvalue weighted by Crippen LogP contribution is -2.42. The van der Waals surface area contributed by atoms with Gasteiger partial charge in [-0.2, -0.15) is 4.31 Å². The van der Waals surface area contributed by atoms with E-state index >= 15 is 0 Å². The smallest absolute Gasteiger partial charge is 0.243 e. The van der Waals surface area contributed by atoms with Crippen molar-refractivity contribution in [3.8, 4) is 0 Å². The normalized spacial score (nSPS) is 24.3. The molecule has 2 saturated heterocycles. The summed E-state index contributed by atoms with van der Waals surface area (Å²) in [6.07, 6.45) is 5.06. The second kappa shape index (κ2) is 6.94. The molecule has 0 aromatic heterocycles. The molecule has 4 rings (SSSR count). The zero-order valence-electron chi connectivity index (χ0n) is 15.4. The standard InChI is InChI=1S/C19H27N3O3S/c1-15(23)21-12-8-16-6-7-18(13-19(16)21)26(24,25)22-11-4-5-17(22)14-20-9-2-3-10-20/h6-7,13,17H,2-5,8-12,14H2,1H3. The molecular weight excluding hydrogens is 350 g/mol. The third kappa shape index (κ3) is 3.17. The van der Waals surface area contributed by atoms with Gasteiger partial charge in [0.1, 0.15) is 0 Å². The van der Waals surface area contributed by atoms with Crippen LogP contribution in [-0.4, -0.2) is 62.3 Å². The first-order chi connectivity index (χ1) is 12.5. The van der Waals surface area contributed by atoms with E-state index < -0.39 is 10.0 Å². The van der Waals surface area contributed by atoms with Gasteiger partial charge >= 0.3 is 0 Å². The van der Waals surface area contributed by atoms with E-state index in [4.69, 9.17) is 0 Å². The van der Waals surface area contributed by atoms with Gasteiger partial charge in [-0.3, -0.25) is 4.79 Å². The van der Waals surface area contributed by atoms with Crippen molar-refractivity contribution in [2.24, 2.45) is 0 Å². The Bertz CT molecular complexity index is 802. The Labute approximate surface area is 155 Å². The maximum absolute atomic E-state index is 13.3. The zero-order valence-corrected chi connectivity index (χ0v) is 16.2. The maximum Gasteiger partial charge on any atom is 0.243 e. The Morgan fingerprint density at radius 2 is 1.88 bits per heavy atom. The number of anilines is 1. The monoisotopic (exact) mass is 377 g/mol. The molecule has 3 heterocycles. The molecular formula is C19H27N3O3S. The van der Waals surface area contributed by atoms with Gasteiger partial charge in [-0.25, -0.2) is 8.42 Å². The Hall–Kier alpha value is -1.44. The Balaban J connectivity index is 1.60. The van der Waals surface area contributed by atoms with Gasteiger partial charge in [-0.15, -0.1) is 0 Å². The Morgan fingerprint density at radius 3 is 2.62 bits per heavy atom. The number of fused-ring (bicyclic) bond motifs is 1. The molecule has 1 aromatic rings. The van der Waals surface area contributed by atoms with Crippen LogP contribution in [-0.2, 0) is 21.2 Å². The van der Waals surface area contributed by atoms with Gasteiger partial charge in [0.15, 0.2) is 0 Å². The van der Waals surface area contributed by atoms with E-state index in [0.29, 0.717) is 18.0 Å². The number of rotatable bonds is 4. The van der Waals surface area contributed by atoms with Gasteiger partial charge in [0.2, 0.25) is 15.9 Å². The molecule has 142 valence electrons. The summed E-state index contributed by atoms with van der Waals surface area (Å²) in [6, 6.07) is 5.35. The fourth-order valence-electron chi connectivity index (χ4n) is 4.55. The molecule has 1 aromatic carbocycles. The van der Waals surface area contributed by atoms with Crippen LogP contribution in [0.15, 0.2) is 23.1 Å². The maximum atomic E-state index is 13.3. The molecule has 7 heteroatoms. The number of carbonyl (C=O) groups is 1. The van der Waals surface area contributed by atoms with Crippen molar-refractivity contribution >= 4 is 21.6 Å². The summed E-state index contributed by atoms with van der Waals surface area (Å²) in [4.78, 5) is 16.2. The molecule has 26 heavy (non-hydrogen) atoms. The molecule has 0 N–H and O–H groups in total. The molecule has 1 atom stereocenters. The number of benzene rings is 1. The lowest BCUT2D eigenvalue weighted by atomic mass is 10.2. The van der Waals surface area contributed by atoms with Gasteiger partial charge in [0, 0.05) is 38.3 Å². The van der Waals surface area contributed by atoms with Crippen molar-refractivity contribution < 1.29 is 13.2 Å². The highest BCUT2D eigenvalue weighted by Crippen LogP contribution is 2.33. The first-order valence-corrected chi connectivity index (χ1v) is 11.1. The first kappa shape index (κ1) is 17.9. The van der Waals surface area contributed by atoms with Gasteiger partial charge in [-0.05, 0) is 62.9 Å². The minimum absolute atomic E-state index is 0.0358. The molecule has 3 aliphatic rings. The van der Waals surface area contributed by atoms with Crippen LogP contribution in [0.25, 0.3) is 0 Å². The summed E-state index contributed by atoms with van der Waals surface area (Å²) in [7, 11) is -3.53. The molecule has 0 bridgehead atoms. The summed E-state index contributed by atoms with van der Waals surface area (Å²) in [6.45, 7) is 5.75. The predicted molar refractivity (Wildman–Crippen MR) is 101 cm³/mol. The molecule has 3 aliphatic heterocycles. The van der Waals surface area contributed by atoms with Crippen molar-refractivity contribution in [2.45, 2.75) is 50.0 Å². The minimum Gasteiger partial charge on any atom is -0.312 e. The van der Waals surface area contributed by atoms with E-state index in [-0.39, 0.29) is 11.9 Å². The number of amides is 1. The van der Waals surface area contributed by atoms with Crippen LogP contribution in [0.2, 0.25) is 0 Å². The van der Waals surface area contributed by atoms with Crippen molar-refractivity contribution in [3.63, 3.8) is 0 Å². The number of nitrogens with zero attached hydrogens (tertiary/aromatic N) is 3. The van der Waals surface area contributed by atoms with Gasteiger partial charge in [0.05, 0.1) is 4.90 Å². The molecule has 2 fully saturated rings. The Kier molecular flexibility index (Phi) is 4.79. The van der Waals surface area contributed by atoms with E-state index in [0.717, 1.165) is 50.1 Å². The summed E-state index contributed by atoms with van der Waals surface area (Å²) in [5.74, 6) is -0.0358. The van der Waals surface area contributed by atoms with E-state index in [2.05, 4.69) is 4.90 Å². The van der Waals surface area contributed by atoms with Crippen LogP contribution in [0, 0.1) is 0 Å². The molecule has 6 nitrogen and oxygen atoms in total. The quantitative estimate of drug-likeness (QED) is 0.803. The lowest BCUT2D eigenvalue weighted by molar-refractivity contribution is -0.116. The number of likely N-dealkylation sites (tertiary alicyclic amines) is 1. The van der Waals surface area contributed by atoms with Crippen LogP contribution in [0.4, 0.5) is 5.69 Å². The largest absolute Gasteiger partial charge is 0.312 e. The summed E-state index contributed by atoms with van der Waals surface area (Å²) in [5.41, 5.74) is 1.81. The topological polar surface area (TPSA) is 60.9 Å². The highest BCUT2D eigenvalue weighted by atomic mass is 32.2. The number of carbonyl (C=O) groups excluding carboxylic acids is 1. The summed E-state index contributed by atoms with van der Waals surface area (Å²) >= 11 is 0. The molecule has 0 aliphatic carbocycles. The number of hydrogen-bond donors (Lipinski definition) is 0. The number of sulfonamides is 1. The summed E-state index contributed by atoms with van der Waals surface area (Å²) < 4.78 is 28.3.